The van der Waals surface area contributed by atoms with Crippen LogP contribution in [-0.2, 0) is 16.4 Å². The second kappa shape index (κ2) is 9.86. The van der Waals surface area contributed by atoms with Gasteiger partial charge in [0.2, 0.25) is 5.89 Å². The number of amides is 2. The number of aromatic nitrogens is 2. The molecule has 0 saturated carbocycles. The van der Waals surface area contributed by atoms with Gasteiger partial charge in [-0.15, -0.1) is 10.2 Å². The van der Waals surface area contributed by atoms with Crippen LogP contribution in [0.4, 0.5) is 23.7 Å². The van der Waals surface area contributed by atoms with Gasteiger partial charge in [0.25, 0.3) is 5.89 Å². The Morgan fingerprint density at radius 2 is 1.89 bits per heavy atom. The summed E-state index contributed by atoms with van der Waals surface area (Å²) in [6.45, 7) is -0.283. The van der Waals surface area contributed by atoms with Crippen LogP contribution >= 0.6 is 0 Å². The number of aldehydes is 1. The molecular formula is C22H19F3N4O5S. The minimum Gasteiger partial charge on any atom is -0.415 e. The molecule has 1 aromatic heterocycles. The number of carbonyl (C=O) groups is 2. The predicted octanol–water partition coefficient (Wildman–Crippen LogP) is 3.48. The fourth-order valence-corrected chi connectivity index (χ4v) is 4.73. The van der Waals surface area contributed by atoms with E-state index in [4.69, 9.17) is 4.42 Å². The molecular weight excluding hydrogens is 489 g/mol. The number of hydrogen-bond donors (Lipinski definition) is 0. The molecule has 4 rings (SSSR count). The van der Waals surface area contributed by atoms with Crippen LogP contribution in [0.15, 0.2) is 46.9 Å². The molecule has 0 radical (unpaired) electrons. The Bertz CT molecular complexity index is 1350. The first-order valence-corrected chi connectivity index (χ1v) is 12.2. The van der Waals surface area contributed by atoms with E-state index in [0.717, 1.165) is 6.07 Å². The van der Waals surface area contributed by atoms with Crippen LogP contribution in [0.3, 0.4) is 0 Å². The Morgan fingerprint density at radius 1 is 1.14 bits per heavy atom. The number of halogens is 3. The minimum atomic E-state index is -3.24. The Balaban J connectivity index is 1.63. The van der Waals surface area contributed by atoms with E-state index in [1.54, 1.807) is 18.2 Å². The van der Waals surface area contributed by atoms with Crippen molar-refractivity contribution in [2.75, 3.05) is 29.5 Å². The molecule has 1 saturated heterocycles. The first-order valence-electron chi connectivity index (χ1n) is 10.4. The molecule has 1 fully saturated rings. The Labute approximate surface area is 198 Å². The van der Waals surface area contributed by atoms with Gasteiger partial charge in [0.05, 0.1) is 18.1 Å². The number of nitrogens with zero attached hydrogens (tertiary/aromatic N) is 4. The van der Waals surface area contributed by atoms with Gasteiger partial charge >= 0.3 is 12.5 Å². The van der Waals surface area contributed by atoms with Crippen molar-refractivity contribution in [1.82, 2.24) is 15.1 Å². The van der Waals surface area contributed by atoms with Gasteiger partial charge in [-0.1, -0.05) is 18.2 Å². The minimum absolute atomic E-state index is 0.0178. The van der Waals surface area contributed by atoms with Crippen LogP contribution in [0.25, 0.3) is 11.5 Å². The van der Waals surface area contributed by atoms with Crippen molar-refractivity contribution in [3.63, 3.8) is 0 Å². The third-order valence-electron chi connectivity index (χ3n) is 5.42. The van der Waals surface area contributed by atoms with Crippen LogP contribution in [0, 0.1) is 5.82 Å². The highest BCUT2D eigenvalue weighted by Crippen LogP contribution is 2.27. The highest BCUT2D eigenvalue weighted by molar-refractivity contribution is 7.91. The topological polar surface area (TPSA) is 114 Å². The highest BCUT2D eigenvalue weighted by Gasteiger charge is 2.30. The lowest BCUT2D eigenvalue weighted by atomic mass is 10.1. The first-order chi connectivity index (χ1) is 16.7. The Hall–Kier alpha value is -3.74. The maximum absolute atomic E-state index is 15.0. The lowest BCUT2D eigenvalue weighted by molar-refractivity contribution is 0.112. The van der Waals surface area contributed by atoms with Crippen molar-refractivity contribution in [1.29, 1.82) is 0 Å². The van der Waals surface area contributed by atoms with Gasteiger partial charge in [-0.25, -0.2) is 17.6 Å². The van der Waals surface area contributed by atoms with Crippen molar-refractivity contribution < 1.29 is 35.6 Å². The molecule has 3 aromatic rings. The van der Waals surface area contributed by atoms with Gasteiger partial charge in [-0.2, -0.15) is 8.78 Å². The monoisotopic (exact) mass is 508 g/mol. The van der Waals surface area contributed by atoms with Gasteiger partial charge in [0, 0.05) is 35.5 Å². The van der Waals surface area contributed by atoms with Gasteiger partial charge in [0.1, 0.15) is 12.1 Å². The van der Waals surface area contributed by atoms with E-state index in [9.17, 15) is 26.8 Å². The number of rotatable bonds is 6. The summed E-state index contributed by atoms with van der Waals surface area (Å²) in [7, 11) is -3.24. The molecule has 0 bridgehead atoms. The zero-order chi connectivity index (χ0) is 25.2. The fourth-order valence-electron chi connectivity index (χ4n) is 3.53. The van der Waals surface area contributed by atoms with Gasteiger partial charge < -0.3 is 9.32 Å². The van der Waals surface area contributed by atoms with E-state index in [-0.39, 0.29) is 48.2 Å². The van der Waals surface area contributed by atoms with E-state index >= 15 is 4.39 Å². The number of urea groups is 1. The lowest BCUT2D eigenvalue weighted by Gasteiger charge is -2.33. The number of anilines is 1. The zero-order valence-electron chi connectivity index (χ0n) is 18.1. The largest absolute Gasteiger partial charge is 0.415 e. The van der Waals surface area contributed by atoms with E-state index in [1.807, 2.05) is 0 Å². The summed E-state index contributed by atoms with van der Waals surface area (Å²) in [4.78, 5) is 27.2. The van der Waals surface area contributed by atoms with Crippen LogP contribution in [0.2, 0.25) is 0 Å². The second-order valence-corrected chi connectivity index (χ2v) is 10.1. The van der Waals surface area contributed by atoms with Crippen LogP contribution in [0.1, 0.15) is 28.2 Å². The summed E-state index contributed by atoms with van der Waals surface area (Å²) in [5.41, 5.74) is 0.767. The van der Waals surface area contributed by atoms with Crippen LogP contribution in [-0.4, -0.2) is 60.4 Å². The number of carbonyl (C=O) groups excluding carboxylic acids is 2. The molecule has 0 unspecified atom stereocenters. The molecule has 184 valence electrons. The molecule has 0 N–H and O–H groups in total. The summed E-state index contributed by atoms with van der Waals surface area (Å²) >= 11 is 0. The molecule has 2 heterocycles. The van der Waals surface area contributed by atoms with Gasteiger partial charge in [-0.3, -0.25) is 9.69 Å². The summed E-state index contributed by atoms with van der Waals surface area (Å²) in [6, 6.07) is 9.35. The summed E-state index contributed by atoms with van der Waals surface area (Å²) in [5, 5.41) is 6.71. The maximum atomic E-state index is 15.0. The fraction of sp³-hybridized carbons (Fsp3) is 0.273. The number of hydrogen-bond acceptors (Lipinski definition) is 7. The third kappa shape index (κ3) is 5.50. The summed E-state index contributed by atoms with van der Waals surface area (Å²) < 4.78 is 68.8. The van der Waals surface area contributed by atoms with E-state index < -0.39 is 34.0 Å². The lowest BCUT2D eigenvalue weighted by Crippen LogP contribution is -2.49. The summed E-state index contributed by atoms with van der Waals surface area (Å²) in [6.07, 6.45) is -2.36. The number of sulfone groups is 1. The van der Waals surface area contributed by atoms with E-state index in [1.165, 1.54) is 28.0 Å². The van der Waals surface area contributed by atoms with Crippen LogP contribution < -0.4 is 4.90 Å². The first kappa shape index (κ1) is 24.4. The predicted molar refractivity (Wildman–Crippen MR) is 118 cm³/mol. The van der Waals surface area contributed by atoms with Crippen molar-refractivity contribution in [3.05, 3.63) is 65.3 Å². The SMILES string of the molecule is O=Cc1cccc(N(Cc2ccc(-c3nnc(C(F)F)o3)cc2F)C(=O)N2CCS(=O)(=O)CC2)c1. The zero-order valence-corrected chi connectivity index (χ0v) is 18.9. The van der Waals surface area contributed by atoms with Gasteiger partial charge in [0.15, 0.2) is 9.84 Å². The molecule has 0 spiro atoms. The van der Waals surface area contributed by atoms with Crippen molar-refractivity contribution in [3.8, 4) is 11.5 Å². The van der Waals surface area contributed by atoms with Crippen molar-refractivity contribution in [2.24, 2.45) is 0 Å². The number of benzene rings is 2. The van der Waals surface area contributed by atoms with Crippen LogP contribution in [0.5, 0.6) is 0 Å². The average Bonchev–Trinajstić information content (AvgIpc) is 3.34. The smallest absolute Gasteiger partial charge is 0.324 e. The molecule has 9 nitrogen and oxygen atoms in total. The second-order valence-electron chi connectivity index (χ2n) is 7.77. The Kier molecular flexibility index (Phi) is 6.87. The van der Waals surface area contributed by atoms with Crippen molar-refractivity contribution >= 4 is 27.8 Å². The molecule has 1 aliphatic heterocycles. The molecule has 0 atom stereocenters. The molecule has 13 heteroatoms. The van der Waals surface area contributed by atoms with E-state index in [2.05, 4.69) is 10.2 Å². The van der Waals surface area contributed by atoms with Gasteiger partial charge in [-0.05, 0) is 24.3 Å². The maximum Gasteiger partial charge on any atom is 0.324 e. The Morgan fingerprint density at radius 3 is 2.51 bits per heavy atom. The normalized spacial score (nSPS) is 15.3. The van der Waals surface area contributed by atoms with Crippen molar-refractivity contribution in [2.45, 2.75) is 13.0 Å². The number of alkyl halides is 2. The third-order valence-corrected chi connectivity index (χ3v) is 7.03. The molecule has 0 aliphatic carbocycles. The molecule has 2 aromatic carbocycles. The quantitative estimate of drug-likeness (QED) is 0.469. The molecule has 35 heavy (non-hydrogen) atoms. The average molecular weight is 508 g/mol. The standard InChI is InChI=1S/C22H19F3N4O5S/c23-18-11-15(20-26-27-21(34-20)19(24)25)4-5-16(18)12-29(17-3-1-2-14(10-17)13-30)22(31)28-6-8-35(32,33)9-7-28/h1-5,10-11,13,19H,6-9,12H2. The molecule has 2 amide bonds. The summed E-state index contributed by atoms with van der Waals surface area (Å²) in [5.74, 6) is -2.31. The molecule has 1 aliphatic rings. The highest BCUT2D eigenvalue weighted by atomic mass is 32.2. The van der Waals surface area contributed by atoms with E-state index in [0.29, 0.717) is 17.5 Å².